The van der Waals surface area contributed by atoms with E-state index in [0.717, 1.165) is 11.3 Å². The van der Waals surface area contributed by atoms with Gasteiger partial charge >= 0.3 is 0 Å². The third-order valence-electron chi connectivity index (χ3n) is 3.68. The van der Waals surface area contributed by atoms with Gasteiger partial charge in [-0.3, -0.25) is 9.78 Å². The topological polar surface area (TPSA) is 71.8 Å². The summed E-state index contributed by atoms with van der Waals surface area (Å²) in [6, 6.07) is 13.6. The van der Waals surface area contributed by atoms with E-state index in [1.165, 1.54) is 0 Å². The Labute approximate surface area is 140 Å². The van der Waals surface area contributed by atoms with Gasteiger partial charge in [-0.2, -0.15) is 5.10 Å². The summed E-state index contributed by atoms with van der Waals surface area (Å²) in [7, 11) is 0. The molecule has 0 aliphatic rings. The summed E-state index contributed by atoms with van der Waals surface area (Å²) < 4.78 is 1.81. The summed E-state index contributed by atoms with van der Waals surface area (Å²) >= 11 is 0. The van der Waals surface area contributed by atoms with Crippen molar-refractivity contribution in [1.82, 2.24) is 20.1 Å². The molecule has 0 radical (unpaired) electrons. The van der Waals surface area contributed by atoms with Crippen molar-refractivity contribution >= 4 is 11.6 Å². The lowest BCUT2D eigenvalue weighted by atomic mass is 10.1. The lowest BCUT2D eigenvalue weighted by Crippen LogP contribution is -2.30. The zero-order chi connectivity index (χ0) is 16.8. The van der Waals surface area contributed by atoms with Crippen molar-refractivity contribution in [3.8, 4) is 5.69 Å². The van der Waals surface area contributed by atoms with Crippen LogP contribution in [0.5, 0.6) is 0 Å². The molecule has 2 N–H and O–H groups in total. The highest BCUT2D eigenvalue weighted by Gasteiger charge is 2.08. The van der Waals surface area contributed by atoms with Crippen LogP contribution in [-0.4, -0.2) is 27.2 Å². The fourth-order valence-corrected chi connectivity index (χ4v) is 2.34. The average molecular weight is 321 g/mol. The molecule has 2 heterocycles. The molecular weight excluding hydrogens is 302 g/mol. The van der Waals surface area contributed by atoms with Gasteiger partial charge in [-0.05, 0) is 42.8 Å². The number of aromatic nitrogens is 3. The van der Waals surface area contributed by atoms with Crippen LogP contribution in [0, 0.1) is 0 Å². The summed E-state index contributed by atoms with van der Waals surface area (Å²) in [6.45, 7) is 2.26. The molecule has 3 aromatic rings. The highest BCUT2D eigenvalue weighted by atomic mass is 16.1. The lowest BCUT2D eigenvalue weighted by Gasteiger charge is -2.14. The van der Waals surface area contributed by atoms with Gasteiger partial charge in [0.15, 0.2) is 0 Å². The molecule has 0 aliphatic carbocycles. The van der Waals surface area contributed by atoms with Gasteiger partial charge in [-0.15, -0.1) is 0 Å². The predicted octanol–water partition coefficient (Wildman–Crippen LogP) is 2.56. The molecule has 1 atom stereocenters. The smallest absolute Gasteiger partial charge is 0.238 e. The predicted molar refractivity (Wildman–Crippen MR) is 92.8 cm³/mol. The first-order valence-electron chi connectivity index (χ1n) is 7.75. The molecule has 1 amide bonds. The molecule has 6 heteroatoms. The Morgan fingerprint density at radius 2 is 2.00 bits per heavy atom. The number of anilines is 1. The van der Waals surface area contributed by atoms with Crippen molar-refractivity contribution in [1.29, 1.82) is 0 Å². The van der Waals surface area contributed by atoms with E-state index in [9.17, 15) is 4.79 Å². The monoisotopic (exact) mass is 321 g/mol. The van der Waals surface area contributed by atoms with Crippen LogP contribution in [0.1, 0.15) is 18.5 Å². The fraction of sp³-hybridized carbons (Fsp3) is 0.167. The molecule has 0 fully saturated rings. The molecule has 6 nitrogen and oxygen atoms in total. The minimum absolute atomic E-state index is 0.0660. The van der Waals surface area contributed by atoms with Crippen LogP contribution in [0.15, 0.2) is 67.3 Å². The Balaban J connectivity index is 1.53. The van der Waals surface area contributed by atoms with Crippen molar-refractivity contribution in [2.45, 2.75) is 13.0 Å². The van der Waals surface area contributed by atoms with Gasteiger partial charge in [-0.1, -0.05) is 12.1 Å². The van der Waals surface area contributed by atoms with Gasteiger partial charge in [0.1, 0.15) is 0 Å². The van der Waals surface area contributed by atoms with Gasteiger partial charge in [0.25, 0.3) is 0 Å². The molecule has 24 heavy (non-hydrogen) atoms. The summed E-state index contributed by atoms with van der Waals surface area (Å²) in [4.78, 5) is 15.9. The Kier molecular flexibility index (Phi) is 4.98. The molecule has 2 aromatic heterocycles. The van der Waals surface area contributed by atoms with Crippen LogP contribution in [-0.2, 0) is 4.79 Å². The summed E-state index contributed by atoms with van der Waals surface area (Å²) in [5, 5.41) is 10.2. The van der Waals surface area contributed by atoms with Crippen LogP contribution in [0.4, 0.5) is 5.69 Å². The maximum atomic E-state index is 11.9. The molecule has 122 valence electrons. The number of nitrogens with one attached hydrogen (secondary N) is 2. The first-order chi connectivity index (χ1) is 11.7. The number of hydrogen-bond acceptors (Lipinski definition) is 4. The normalized spacial score (nSPS) is 11.9. The Bertz CT molecular complexity index is 769. The Morgan fingerprint density at radius 3 is 2.67 bits per heavy atom. The molecule has 0 spiro atoms. The van der Waals surface area contributed by atoms with E-state index in [1.54, 1.807) is 24.7 Å². The highest BCUT2D eigenvalue weighted by Crippen LogP contribution is 2.15. The zero-order valence-corrected chi connectivity index (χ0v) is 13.4. The van der Waals surface area contributed by atoms with Crippen molar-refractivity contribution in [3.05, 3.63) is 72.8 Å². The molecule has 1 aromatic carbocycles. The second-order valence-electron chi connectivity index (χ2n) is 5.43. The Hall–Kier alpha value is -2.99. The average Bonchev–Trinajstić information content (AvgIpc) is 3.15. The zero-order valence-electron chi connectivity index (χ0n) is 13.4. The Morgan fingerprint density at radius 1 is 1.17 bits per heavy atom. The van der Waals surface area contributed by atoms with Gasteiger partial charge in [0.2, 0.25) is 5.91 Å². The summed E-state index contributed by atoms with van der Waals surface area (Å²) in [5.41, 5.74) is 2.81. The number of carbonyl (C=O) groups excluding carboxylic acids is 1. The molecule has 0 saturated carbocycles. The van der Waals surface area contributed by atoms with Gasteiger partial charge in [-0.25, -0.2) is 4.68 Å². The van der Waals surface area contributed by atoms with Crippen LogP contribution in [0.3, 0.4) is 0 Å². The van der Waals surface area contributed by atoms with Gasteiger partial charge < -0.3 is 10.6 Å². The van der Waals surface area contributed by atoms with Gasteiger partial charge in [0, 0.05) is 24.6 Å². The van der Waals surface area contributed by atoms with Gasteiger partial charge in [0.05, 0.1) is 24.1 Å². The highest BCUT2D eigenvalue weighted by molar-refractivity contribution is 5.92. The maximum absolute atomic E-state index is 11.9. The SMILES string of the molecule is C[C@@H](NCC(=O)Nc1cccnc1)c1ccc(-n2cccn2)cc1. The first kappa shape index (κ1) is 15.9. The second kappa shape index (κ2) is 7.52. The summed E-state index contributed by atoms with van der Waals surface area (Å²) in [5.74, 6) is -0.0944. The number of carbonyl (C=O) groups is 1. The third-order valence-corrected chi connectivity index (χ3v) is 3.68. The van der Waals surface area contributed by atoms with Crippen molar-refractivity contribution in [2.24, 2.45) is 0 Å². The van der Waals surface area contributed by atoms with Crippen LogP contribution >= 0.6 is 0 Å². The molecule has 0 unspecified atom stereocenters. The summed E-state index contributed by atoms with van der Waals surface area (Å²) in [6.07, 6.45) is 6.94. The van der Waals surface area contributed by atoms with Crippen LogP contribution in [0.25, 0.3) is 5.69 Å². The van der Waals surface area contributed by atoms with Crippen LogP contribution < -0.4 is 10.6 Å². The maximum Gasteiger partial charge on any atom is 0.238 e. The fourth-order valence-electron chi connectivity index (χ4n) is 2.34. The second-order valence-corrected chi connectivity index (χ2v) is 5.43. The quantitative estimate of drug-likeness (QED) is 0.732. The van der Waals surface area contributed by atoms with E-state index in [0.29, 0.717) is 5.69 Å². The third kappa shape index (κ3) is 4.05. The first-order valence-corrected chi connectivity index (χ1v) is 7.75. The number of benzene rings is 1. The lowest BCUT2D eigenvalue weighted by molar-refractivity contribution is -0.115. The standard InChI is InChI=1S/C18H19N5O/c1-14(20-13-18(24)22-16-4-2-9-19-12-16)15-5-7-17(8-6-15)23-11-3-10-21-23/h2-12,14,20H,13H2,1H3,(H,22,24)/t14-/m1/s1. The van der Waals surface area contributed by atoms with E-state index in [1.807, 2.05) is 54.2 Å². The molecule has 0 bridgehead atoms. The number of amides is 1. The van der Waals surface area contributed by atoms with Crippen molar-refractivity contribution in [2.75, 3.05) is 11.9 Å². The minimum atomic E-state index is -0.0944. The van der Waals surface area contributed by atoms with E-state index in [4.69, 9.17) is 0 Å². The van der Waals surface area contributed by atoms with E-state index in [-0.39, 0.29) is 18.5 Å². The number of hydrogen-bond donors (Lipinski definition) is 2. The largest absolute Gasteiger partial charge is 0.324 e. The number of pyridine rings is 1. The number of rotatable bonds is 6. The minimum Gasteiger partial charge on any atom is -0.324 e. The van der Waals surface area contributed by atoms with E-state index >= 15 is 0 Å². The van der Waals surface area contributed by atoms with Crippen molar-refractivity contribution < 1.29 is 4.79 Å². The van der Waals surface area contributed by atoms with E-state index < -0.39 is 0 Å². The molecular formula is C18H19N5O. The molecule has 3 rings (SSSR count). The van der Waals surface area contributed by atoms with Crippen molar-refractivity contribution in [3.63, 3.8) is 0 Å². The van der Waals surface area contributed by atoms with E-state index in [2.05, 4.69) is 20.7 Å². The van der Waals surface area contributed by atoms with Crippen LogP contribution in [0.2, 0.25) is 0 Å². The molecule has 0 aliphatic heterocycles. The molecule has 0 saturated heterocycles. The number of nitrogens with zero attached hydrogens (tertiary/aromatic N) is 3.